The van der Waals surface area contributed by atoms with Crippen LogP contribution >= 0.6 is 0 Å². The van der Waals surface area contributed by atoms with Crippen LogP contribution in [0.15, 0.2) is 0 Å². The molecule has 5 nitrogen and oxygen atoms in total. The number of ether oxygens (including phenoxy) is 1. The largest absolute Gasteiger partial charge is 0.466 e. The molecule has 0 aromatic carbocycles. The van der Waals surface area contributed by atoms with Crippen LogP contribution in [0.3, 0.4) is 0 Å². The topological polar surface area (TPSA) is 58.6 Å². The lowest BCUT2D eigenvalue weighted by Crippen LogP contribution is -2.36. The molecule has 0 radical (unpaired) electrons. The molecule has 0 saturated carbocycles. The number of nitrogens with zero attached hydrogens (tertiary/aromatic N) is 1. The third kappa shape index (κ3) is 8.68. The molecule has 0 heterocycles. The first-order chi connectivity index (χ1) is 7.97. The van der Waals surface area contributed by atoms with Crippen LogP contribution in [0.25, 0.3) is 0 Å². The Morgan fingerprint density at radius 3 is 2.47 bits per heavy atom. The van der Waals surface area contributed by atoms with Gasteiger partial charge in [-0.25, -0.2) is 0 Å². The fourth-order valence-electron chi connectivity index (χ4n) is 1.17. The molecule has 0 bridgehead atoms. The summed E-state index contributed by atoms with van der Waals surface area (Å²) < 4.78 is 4.74. The van der Waals surface area contributed by atoms with Crippen molar-refractivity contribution in [1.82, 2.24) is 10.2 Å². The van der Waals surface area contributed by atoms with Crippen molar-refractivity contribution in [2.45, 2.75) is 39.7 Å². The summed E-state index contributed by atoms with van der Waals surface area (Å²) in [5.74, 6) is -0.419. The number of carbonyl (C=O) groups is 2. The standard InChI is InChI=1S/C12H24N2O3/c1-5-17-12(16)7-6-11(15)13-8-9-14(4)10(2)3/h10H,5-9H2,1-4H3,(H,13,15). The summed E-state index contributed by atoms with van der Waals surface area (Å²) in [6, 6.07) is 0.464. The number of nitrogens with one attached hydrogen (secondary N) is 1. The lowest BCUT2D eigenvalue weighted by Gasteiger charge is -2.20. The molecule has 0 aromatic rings. The fraction of sp³-hybridized carbons (Fsp3) is 0.833. The Hall–Kier alpha value is -1.10. The van der Waals surface area contributed by atoms with Crippen LogP contribution < -0.4 is 5.32 Å². The second-order valence-electron chi connectivity index (χ2n) is 4.23. The van der Waals surface area contributed by atoms with Gasteiger partial charge in [0.1, 0.15) is 0 Å². The van der Waals surface area contributed by atoms with Crippen LogP contribution in [0.1, 0.15) is 33.6 Å². The van der Waals surface area contributed by atoms with Crippen molar-refractivity contribution in [1.29, 1.82) is 0 Å². The monoisotopic (exact) mass is 244 g/mol. The van der Waals surface area contributed by atoms with E-state index in [0.717, 1.165) is 6.54 Å². The molecule has 1 N–H and O–H groups in total. The van der Waals surface area contributed by atoms with E-state index >= 15 is 0 Å². The van der Waals surface area contributed by atoms with E-state index in [-0.39, 0.29) is 24.7 Å². The van der Waals surface area contributed by atoms with E-state index in [2.05, 4.69) is 24.1 Å². The third-order valence-electron chi connectivity index (χ3n) is 2.53. The summed E-state index contributed by atoms with van der Waals surface area (Å²) in [5, 5.41) is 2.78. The van der Waals surface area contributed by atoms with Crippen molar-refractivity contribution in [3.8, 4) is 0 Å². The average molecular weight is 244 g/mol. The van der Waals surface area contributed by atoms with Crippen LogP contribution in [0.2, 0.25) is 0 Å². The molecule has 0 atom stereocenters. The van der Waals surface area contributed by atoms with Gasteiger partial charge in [0.2, 0.25) is 5.91 Å². The summed E-state index contributed by atoms with van der Waals surface area (Å²) in [7, 11) is 2.01. The lowest BCUT2D eigenvalue weighted by molar-refractivity contribution is -0.144. The van der Waals surface area contributed by atoms with Crippen LogP contribution in [-0.2, 0) is 14.3 Å². The minimum atomic E-state index is -0.318. The number of hydrogen-bond acceptors (Lipinski definition) is 4. The van der Waals surface area contributed by atoms with Crippen molar-refractivity contribution in [3.05, 3.63) is 0 Å². The first kappa shape index (κ1) is 15.9. The highest BCUT2D eigenvalue weighted by atomic mass is 16.5. The average Bonchev–Trinajstić information content (AvgIpc) is 2.26. The Morgan fingerprint density at radius 1 is 1.29 bits per heavy atom. The highest BCUT2D eigenvalue weighted by Gasteiger charge is 2.08. The lowest BCUT2D eigenvalue weighted by atomic mass is 10.3. The van der Waals surface area contributed by atoms with Gasteiger partial charge in [-0.3, -0.25) is 9.59 Å². The zero-order chi connectivity index (χ0) is 13.3. The highest BCUT2D eigenvalue weighted by Crippen LogP contribution is 1.94. The number of rotatable bonds is 8. The molecule has 5 heteroatoms. The van der Waals surface area contributed by atoms with Gasteiger partial charge in [-0.2, -0.15) is 0 Å². The first-order valence-corrected chi connectivity index (χ1v) is 6.10. The summed E-state index contributed by atoms with van der Waals surface area (Å²) >= 11 is 0. The second-order valence-corrected chi connectivity index (χ2v) is 4.23. The molecule has 0 saturated heterocycles. The molecule has 0 aliphatic rings. The molecule has 0 spiro atoms. The van der Waals surface area contributed by atoms with Gasteiger partial charge >= 0.3 is 5.97 Å². The summed E-state index contributed by atoms with van der Waals surface area (Å²) in [6.07, 6.45) is 0.351. The maximum atomic E-state index is 11.4. The number of carbonyl (C=O) groups excluding carboxylic acids is 2. The van der Waals surface area contributed by atoms with Crippen LogP contribution in [-0.4, -0.2) is 49.6 Å². The molecule has 17 heavy (non-hydrogen) atoms. The van der Waals surface area contributed by atoms with E-state index in [1.807, 2.05) is 7.05 Å². The Bertz CT molecular complexity index is 242. The molecular weight excluding hydrogens is 220 g/mol. The van der Waals surface area contributed by atoms with Crippen molar-refractivity contribution in [2.75, 3.05) is 26.7 Å². The molecule has 100 valence electrons. The third-order valence-corrected chi connectivity index (χ3v) is 2.53. The van der Waals surface area contributed by atoms with Gasteiger partial charge in [-0.15, -0.1) is 0 Å². The van der Waals surface area contributed by atoms with E-state index in [1.54, 1.807) is 6.92 Å². The Balaban J connectivity index is 3.57. The molecule has 0 rings (SSSR count). The smallest absolute Gasteiger partial charge is 0.306 e. The summed E-state index contributed by atoms with van der Waals surface area (Å²) in [5.41, 5.74) is 0. The summed E-state index contributed by atoms with van der Waals surface area (Å²) in [4.78, 5) is 24.5. The van der Waals surface area contributed by atoms with E-state index in [4.69, 9.17) is 4.74 Å². The van der Waals surface area contributed by atoms with Gasteiger partial charge in [0, 0.05) is 25.6 Å². The number of esters is 1. The van der Waals surface area contributed by atoms with E-state index in [0.29, 0.717) is 19.2 Å². The van der Waals surface area contributed by atoms with Crippen molar-refractivity contribution < 1.29 is 14.3 Å². The first-order valence-electron chi connectivity index (χ1n) is 6.10. The molecule has 1 amide bonds. The predicted octanol–water partition coefficient (Wildman–Crippen LogP) is 0.786. The van der Waals surface area contributed by atoms with Gasteiger partial charge in [0.15, 0.2) is 0 Å². The molecule has 0 aromatic heterocycles. The number of amides is 1. The Labute approximate surface area is 103 Å². The van der Waals surface area contributed by atoms with Crippen LogP contribution in [0, 0.1) is 0 Å². The quantitative estimate of drug-likeness (QED) is 0.641. The van der Waals surface area contributed by atoms with Crippen molar-refractivity contribution in [2.24, 2.45) is 0 Å². The number of hydrogen-bond donors (Lipinski definition) is 1. The Kier molecular flexibility index (Phi) is 8.40. The SMILES string of the molecule is CCOC(=O)CCC(=O)NCCN(C)C(C)C. The zero-order valence-corrected chi connectivity index (χ0v) is 11.3. The minimum Gasteiger partial charge on any atom is -0.466 e. The maximum absolute atomic E-state index is 11.4. The van der Waals surface area contributed by atoms with E-state index in [9.17, 15) is 9.59 Å². The molecule has 0 fully saturated rings. The van der Waals surface area contributed by atoms with Gasteiger partial charge in [0.05, 0.1) is 13.0 Å². The molecule has 0 aliphatic heterocycles. The van der Waals surface area contributed by atoms with Gasteiger partial charge < -0.3 is 15.0 Å². The van der Waals surface area contributed by atoms with Gasteiger partial charge in [-0.05, 0) is 27.8 Å². The minimum absolute atomic E-state index is 0.102. The molecule has 0 unspecified atom stereocenters. The summed E-state index contributed by atoms with van der Waals surface area (Å²) in [6.45, 7) is 7.73. The van der Waals surface area contributed by atoms with Gasteiger partial charge in [-0.1, -0.05) is 0 Å². The van der Waals surface area contributed by atoms with Crippen LogP contribution in [0.4, 0.5) is 0 Å². The van der Waals surface area contributed by atoms with Crippen molar-refractivity contribution in [3.63, 3.8) is 0 Å². The molecular formula is C12H24N2O3. The van der Waals surface area contributed by atoms with E-state index in [1.165, 1.54) is 0 Å². The normalized spacial score (nSPS) is 10.7. The van der Waals surface area contributed by atoms with E-state index < -0.39 is 0 Å². The van der Waals surface area contributed by atoms with Crippen molar-refractivity contribution >= 4 is 11.9 Å². The zero-order valence-electron chi connectivity index (χ0n) is 11.3. The van der Waals surface area contributed by atoms with Gasteiger partial charge in [0.25, 0.3) is 0 Å². The maximum Gasteiger partial charge on any atom is 0.306 e. The Morgan fingerprint density at radius 2 is 1.94 bits per heavy atom. The fourth-order valence-corrected chi connectivity index (χ4v) is 1.17. The second kappa shape index (κ2) is 8.98. The van der Waals surface area contributed by atoms with Crippen LogP contribution in [0.5, 0.6) is 0 Å². The number of likely N-dealkylation sites (N-methyl/N-ethyl adjacent to an activating group) is 1. The predicted molar refractivity (Wildman–Crippen MR) is 66.6 cm³/mol. The molecule has 0 aliphatic carbocycles. The highest BCUT2D eigenvalue weighted by molar-refractivity contribution is 5.81.